The van der Waals surface area contributed by atoms with E-state index in [-0.39, 0.29) is 0 Å². The van der Waals surface area contributed by atoms with E-state index in [9.17, 15) is 0 Å². The van der Waals surface area contributed by atoms with Crippen LogP contribution in [-0.2, 0) is 0 Å². The minimum Gasteiger partial charge on any atom is -0.330 e. The summed E-state index contributed by atoms with van der Waals surface area (Å²) >= 11 is 0. The number of hydrogen-bond donors (Lipinski definition) is 4. The van der Waals surface area contributed by atoms with E-state index in [4.69, 9.17) is 22.9 Å². The van der Waals surface area contributed by atoms with Crippen molar-refractivity contribution < 1.29 is 0 Å². The van der Waals surface area contributed by atoms with Gasteiger partial charge in [0.2, 0.25) is 0 Å². The lowest BCUT2D eigenvalue weighted by Gasteiger charge is -2.16. The summed E-state index contributed by atoms with van der Waals surface area (Å²) in [5, 5.41) is 0. The molecule has 0 atom stereocenters. The lowest BCUT2D eigenvalue weighted by Crippen LogP contribution is -2.57. The summed E-state index contributed by atoms with van der Waals surface area (Å²) in [6.07, 6.45) is 1.35. The molecule has 0 rings (SSSR count). The van der Waals surface area contributed by atoms with Gasteiger partial charge in [-0.1, -0.05) is 0 Å². The molecule has 0 aliphatic rings. The van der Waals surface area contributed by atoms with Gasteiger partial charge in [0, 0.05) is 0 Å². The highest BCUT2D eigenvalue weighted by atomic mass is 15.1. The molecule has 0 unspecified atom stereocenters. The van der Waals surface area contributed by atoms with Crippen molar-refractivity contribution in [1.82, 2.24) is 0 Å². The summed E-state index contributed by atoms with van der Waals surface area (Å²) in [6.45, 7) is 0.591. The smallest absolute Gasteiger partial charge is 0.115 e. The van der Waals surface area contributed by atoms with Gasteiger partial charge >= 0.3 is 0 Å². The van der Waals surface area contributed by atoms with Crippen LogP contribution in [0.15, 0.2) is 0 Å². The van der Waals surface area contributed by atoms with E-state index in [1.54, 1.807) is 0 Å². The summed E-state index contributed by atoms with van der Waals surface area (Å²) in [6, 6.07) is 0. The monoisotopic (exact) mass is 118 g/mol. The standard InChI is InChI=1S/C4H14N4/c5-3-1-2-4(6,7)8/h1-3,5-8H2. The van der Waals surface area contributed by atoms with Crippen LogP contribution in [0.3, 0.4) is 0 Å². The maximum absolute atomic E-state index is 5.22. The van der Waals surface area contributed by atoms with Crippen LogP contribution in [0.2, 0.25) is 0 Å². The Morgan fingerprint density at radius 3 is 1.75 bits per heavy atom. The van der Waals surface area contributed by atoms with Crippen molar-refractivity contribution in [3.05, 3.63) is 0 Å². The zero-order valence-electron chi connectivity index (χ0n) is 4.93. The molecule has 8 N–H and O–H groups in total. The van der Waals surface area contributed by atoms with Gasteiger partial charge in [0.1, 0.15) is 5.79 Å². The fourth-order valence-corrected chi connectivity index (χ4v) is 0.408. The Balaban J connectivity index is 3.11. The molecule has 0 aromatic rings. The molecule has 0 aromatic heterocycles. The quantitative estimate of drug-likeness (QED) is 0.330. The van der Waals surface area contributed by atoms with Gasteiger partial charge in [-0.15, -0.1) is 0 Å². The molecule has 0 amide bonds. The second-order valence-corrected chi connectivity index (χ2v) is 2.00. The number of nitrogens with two attached hydrogens (primary N) is 4. The van der Waals surface area contributed by atoms with Crippen LogP contribution in [0.1, 0.15) is 12.8 Å². The number of hydrogen-bond acceptors (Lipinski definition) is 4. The summed E-state index contributed by atoms with van der Waals surface area (Å²) in [5.74, 6) is -1.03. The van der Waals surface area contributed by atoms with Gasteiger partial charge in [-0.3, -0.25) is 0 Å². The van der Waals surface area contributed by atoms with Gasteiger partial charge in [-0.05, 0) is 19.4 Å². The average Bonchev–Trinajstić information content (AvgIpc) is 1.59. The molecular formula is C4H14N4. The molecule has 0 radical (unpaired) electrons. The summed E-state index contributed by atoms with van der Waals surface area (Å²) in [4.78, 5) is 0. The Bertz CT molecular complexity index is 55.5. The molecule has 0 aliphatic heterocycles. The van der Waals surface area contributed by atoms with E-state index in [0.717, 1.165) is 6.42 Å². The van der Waals surface area contributed by atoms with Crippen LogP contribution in [0.25, 0.3) is 0 Å². The van der Waals surface area contributed by atoms with Crippen LogP contribution in [0, 0.1) is 0 Å². The first-order valence-corrected chi connectivity index (χ1v) is 2.63. The van der Waals surface area contributed by atoms with Crippen molar-refractivity contribution in [2.45, 2.75) is 18.6 Å². The highest BCUT2D eigenvalue weighted by Crippen LogP contribution is 1.91. The summed E-state index contributed by atoms with van der Waals surface area (Å²) < 4.78 is 0. The molecular weight excluding hydrogens is 104 g/mol. The first kappa shape index (κ1) is 7.84. The molecule has 0 spiro atoms. The van der Waals surface area contributed by atoms with Gasteiger partial charge in [0.05, 0.1) is 0 Å². The minimum atomic E-state index is -1.03. The van der Waals surface area contributed by atoms with Gasteiger partial charge in [0.15, 0.2) is 0 Å². The molecule has 8 heavy (non-hydrogen) atoms. The van der Waals surface area contributed by atoms with Crippen LogP contribution in [0.5, 0.6) is 0 Å². The van der Waals surface area contributed by atoms with Crippen molar-refractivity contribution in [3.63, 3.8) is 0 Å². The lowest BCUT2D eigenvalue weighted by atomic mass is 10.2. The van der Waals surface area contributed by atoms with Gasteiger partial charge in [-0.2, -0.15) is 0 Å². The third-order valence-electron chi connectivity index (χ3n) is 0.814. The van der Waals surface area contributed by atoms with E-state index < -0.39 is 5.79 Å². The SMILES string of the molecule is NCCCC(N)(N)N. The van der Waals surface area contributed by atoms with Crippen molar-refractivity contribution >= 4 is 0 Å². The average molecular weight is 118 g/mol. The second kappa shape index (κ2) is 2.99. The van der Waals surface area contributed by atoms with E-state index in [0.29, 0.717) is 13.0 Å². The third-order valence-corrected chi connectivity index (χ3v) is 0.814. The molecule has 4 nitrogen and oxygen atoms in total. The van der Waals surface area contributed by atoms with Crippen LogP contribution < -0.4 is 22.9 Å². The van der Waals surface area contributed by atoms with Crippen molar-refractivity contribution in [1.29, 1.82) is 0 Å². The summed E-state index contributed by atoms with van der Waals surface area (Å²) in [5.41, 5.74) is 20.8. The fraction of sp³-hybridized carbons (Fsp3) is 1.00. The van der Waals surface area contributed by atoms with E-state index in [1.165, 1.54) is 0 Å². The van der Waals surface area contributed by atoms with Crippen molar-refractivity contribution in [2.24, 2.45) is 22.9 Å². The van der Waals surface area contributed by atoms with Gasteiger partial charge in [-0.25, -0.2) is 0 Å². The van der Waals surface area contributed by atoms with E-state index in [1.807, 2.05) is 0 Å². The van der Waals surface area contributed by atoms with Crippen LogP contribution in [0.4, 0.5) is 0 Å². The second-order valence-electron chi connectivity index (χ2n) is 2.00. The van der Waals surface area contributed by atoms with Gasteiger partial charge < -0.3 is 22.9 Å². The zero-order chi connectivity index (χ0) is 6.62. The van der Waals surface area contributed by atoms with Crippen LogP contribution in [-0.4, -0.2) is 12.3 Å². The molecule has 0 saturated heterocycles. The molecule has 0 aliphatic carbocycles. The Hall–Kier alpha value is -0.160. The molecule has 0 saturated carbocycles. The maximum atomic E-state index is 5.22. The van der Waals surface area contributed by atoms with Crippen molar-refractivity contribution in [3.8, 4) is 0 Å². The number of rotatable bonds is 3. The molecule has 0 fully saturated rings. The molecule has 0 heterocycles. The first-order chi connectivity index (χ1) is 3.56. The Morgan fingerprint density at radius 2 is 1.62 bits per heavy atom. The molecule has 4 heteroatoms. The first-order valence-electron chi connectivity index (χ1n) is 2.63. The highest BCUT2D eigenvalue weighted by Gasteiger charge is 2.08. The third kappa shape index (κ3) is 5.84. The van der Waals surface area contributed by atoms with Gasteiger partial charge in [0.25, 0.3) is 0 Å². The Labute approximate surface area is 49.2 Å². The molecule has 50 valence electrons. The topological polar surface area (TPSA) is 104 Å². The summed E-state index contributed by atoms with van der Waals surface area (Å²) in [7, 11) is 0. The largest absolute Gasteiger partial charge is 0.330 e. The van der Waals surface area contributed by atoms with Crippen molar-refractivity contribution in [2.75, 3.05) is 6.54 Å². The molecule has 0 aromatic carbocycles. The predicted octanol–water partition coefficient (Wildman–Crippen LogP) is -1.74. The lowest BCUT2D eigenvalue weighted by molar-refractivity contribution is 0.415. The van der Waals surface area contributed by atoms with E-state index >= 15 is 0 Å². The normalized spacial score (nSPS) is 12.0. The Kier molecular flexibility index (Phi) is 2.93. The van der Waals surface area contributed by atoms with Crippen LogP contribution >= 0.6 is 0 Å². The molecule has 0 bridgehead atoms. The highest BCUT2D eigenvalue weighted by molar-refractivity contribution is 4.66. The zero-order valence-corrected chi connectivity index (χ0v) is 4.93. The predicted molar refractivity (Wildman–Crippen MR) is 33.6 cm³/mol. The Morgan fingerprint density at radius 1 is 1.12 bits per heavy atom. The van der Waals surface area contributed by atoms with E-state index in [2.05, 4.69) is 0 Å². The minimum absolute atomic E-state index is 0.573. The fourth-order valence-electron chi connectivity index (χ4n) is 0.408. The maximum Gasteiger partial charge on any atom is 0.115 e.